The first kappa shape index (κ1) is 12.4. The second-order valence-corrected chi connectivity index (χ2v) is 4.35. The van der Waals surface area contributed by atoms with Crippen LogP contribution in [0.2, 0.25) is 0 Å². The molecule has 7 nitrogen and oxygen atoms in total. The van der Waals surface area contributed by atoms with Crippen LogP contribution in [0.3, 0.4) is 0 Å². The largest absolute Gasteiger partial charge is 0.481 e. The van der Waals surface area contributed by atoms with Crippen molar-refractivity contribution in [1.29, 1.82) is 0 Å². The van der Waals surface area contributed by atoms with Crippen LogP contribution in [0.5, 0.6) is 0 Å². The monoisotopic (exact) mass is 253 g/mol. The van der Waals surface area contributed by atoms with E-state index < -0.39 is 5.97 Å². The fourth-order valence-corrected chi connectivity index (χ4v) is 2.07. The van der Waals surface area contributed by atoms with Crippen molar-refractivity contribution < 1.29 is 19.2 Å². The van der Waals surface area contributed by atoms with E-state index in [4.69, 9.17) is 9.63 Å². The van der Waals surface area contributed by atoms with Crippen molar-refractivity contribution in [2.24, 2.45) is 5.92 Å². The Kier molecular flexibility index (Phi) is 3.81. The summed E-state index contributed by atoms with van der Waals surface area (Å²) in [4.78, 5) is 22.3. The molecule has 1 aromatic heterocycles. The van der Waals surface area contributed by atoms with Crippen LogP contribution in [-0.4, -0.2) is 28.3 Å². The molecule has 18 heavy (non-hydrogen) atoms. The van der Waals surface area contributed by atoms with Crippen LogP contribution in [0.4, 0.5) is 4.79 Å². The molecule has 1 heterocycles. The van der Waals surface area contributed by atoms with E-state index in [2.05, 4.69) is 15.8 Å². The highest BCUT2D eigenvalue weighted by Gasteiger charge is 2.30. The molecule has 0 spiro atoms. The van der Waals surface area contributed by atoms with Crippen LogP contribution in [-0.2, 0) is 11.3 Å². The number of rotatable bonds is 4. The average Bonchev–Trinajstić information content (AvgIpc) is 2.96. The van der Waals surface area contributed by atoms with E-state index in [1.165, 1.54) is 6.20 Å². The van der Waals surface area contributed by atoms with Crippen LogP contribution < -0.4 is 10.6 Å². The molecule has 0 aliphatic heterocycles. The first-order valence-electron chi connectivity index (χ1n) is 5.82. The van der Waals surface area contributed by atoms with Gasteiger partial charge >= 0.3 is 12.0 Å². The Morgan fingerprint density at radius 2 is 2.33 bits per heavy atom. The van der Waals surface area contributed by atoms with Gasteiger partial charge in [0, 0.05) is 12.1 Å². The summed E-state index contributed by atoms with van der Waals surface area (Å²) in [7, 11) is 0. The van der Waals surface area contributed by atoms with Crippen molar-refractivity contribution in [2.75, 3.05) is 0 Å². The van der Waals surface area contributed by atoms with Gasteiger partial charge in [-0.1, -0.05) is 5.16 Å². The first-order valence-corrected chi connectivity index (χ1v) is 5.82. The zero-order chi connectivity index (χ0) is 13.0. The minimum absolute atomic E-state index is 0.0687. The van der Waals surface area contributed by atoms with Crippen molar-refractivity contribution in [3.63, 3.8) is 0 Å². The van der Waals surface area contributed by atoms with Gasteiger partial charge < -0.3 is 20.3 Å². The smallest absolute Gasteiger partial charge is 0.315 e. The number of amides is 2. The predicted octanol–water partition coefficient (Wildman–Crippen LogP) is 0.727. The Balaban J connectivity index is 1.70. The van der Waals surface area contributed by atoms with E-state index in [1.54, 1.807) is 6.07 Å². The standard InChI is InChI=1S/C11H15N3O4/c15-10(16)7-1-2-8(5-7)14-11(17)12-6-9-3-4-13-18-9/h3-4,7-8H,1-2,5-6H2,(H,15,16)(H2,12,14,17)/t7-,8+/m1/s1. The summed E-state index contributed by atoms with van der Waals surface area (Å²) in [6.45, 7) is 0.265. The molecule has 7 heteroatoms. The van der Waals surface area contributed by atoms with Crippen LogP contribution in [0.1, 0.15) is 25.0 Å². The molecule has 0 saturated heterocycles. The summed E-state index contributed by atoms with van der Waals surface area (Å²) in [6, 6.07) is 1.28. The van der Waals surface area contributed by atoms with Gasteiger partial charge in [-0.15, -0.1) is 0 Å². The maximum Gasteiger partial charge on any atom is 0.315 e. The molecule has 3 N–H and O–H groups in total. The highest BCUT2D eigenvalue weighted by molar-refractivity contribution is 5.75. The molecule has 2 rings (SSSR count). The second kappa shape index (κ2) is 5.52. The van der Waals surface area contributed by atoms with Gasteiger partial charge in [0.1, 0.15) is 0 Å². The number of nitrogens with one attached hydrogen (secondary N) is 2. The molecule has 0 bridgehead atoms. The van der Waals surface area contributed by atoms with E-state index >= 15 is 0 Å². The Bertz CT molecular complexity index is 418. The SMILES string of the molecule is O=C(NCc1ccno1)N[C@H]1CC[C@@H](C(=O)O)C1. The number of carbonyl (C=O) groups excluding carboxylic acids is 1. The van der Waals surface area contributed by atoms with E-state index in [0.29, 0.717) is 25.0 Å². The fourth-order valence-electron chi connectivity index (χ4n) is 2.07. The zero-order valence-corrected chi connectivity index (χ0v) is 9.76. The minimum Gasteiger partial charge on any atom is -0.481 e. The summed E-state index contributed by atoms with van der Waals surface area (Å²) in [6.07, 6.45) is 3.31. The molecule has 1 saturated carbocycles. The lowest BCUT2D eigenvalue weighted by atomic mass is 10.1. The lowest BCUT2D eigenvalue weighted by molar-refractivity contribution is -0.141. The second-order valence-electron chi connectivity index (χ2n) is 4.35. The van der Waals surface area contributed by atoms with E-state index in [9.17, 15) is 9.59 Å². The molecule has 0 radical (unpaired) electrons. The van der Waals surface area contributed by atoms with Crippen molar-refractivity contribution in [2.45, 2.75) is 31.8 Å². The van der Waals surface area contributed by atoms with Gasteiger partial charge in [-0.2, -0.15) is 0 Å². The Hall–Kier alpha value is -2.05. The number of urea groups is 1. The molecule has 1 aromatic rings. The highest BCUT2D eigenvalue weighted by Crippen LogP contribution is 2.25. The number of aliphatic carboxylic acids is 1. The molecule has 1 aliphatic rings. The average molecular weight is 253 g/mol. The molecule has 0 unspecified atom stereocenters. The summed E-state index contributed by atoms with van der Waals surface area (Å²) >= 11 is 0. The molecular weight excluding hydrogens is 238 g/mol. The number of carboxylic acid groups (broad SMARTS) is 1. The van der Waals surface area contributed by atoms with E-state index in [-0.39, 0.29) is 24.5 Å². The molecule has 98 valence electrons. The maximum atomic E-state index is 11.5. The van der Waals surface area contributed by atoms with Crippen molar-refractivity contribution >= 4 is 12.0 Å². The third-order valence-electron chi connectivity index (χ3n) is 3.03. The fraction of sp³-hybridized carbons (Fsp3) is 0.545. The quantitative estimate of drug-likeness (QED) is 0.733. The van der Waals surface area contributed by atoms with Gasteiger partial charge in [0.05, 0.1) is 18.7 Å². The van der Waals surface area contributed by atoms with Gasteiger partial charge in [0.15, 0.2) is 5.76 Å². The lowest BCUT2D eigenvalue weighted by Crippen LogP contribution is -2.40. The first-order chi connectivity index (χ1) is 8.65. The summed E-state index contributed by atoms with van der Waals surface area (Å²) in [5.74, 6) is -0.564. The van der Waals surface area contributed by atoms with Crippen LogP contribution >= 0.6 is 0 Å². The zero-order valence-electron chi connectivity index (χ0n) is 9.76. The molecule has 2 atom stereocenters. The Morgan fingerprint density at radius 3 is 2.94 bits per heavy atom. The summed E-state index contributed by atoms with van der Waals surface area (Å²) < 4.78 is 4.83. The third kappa shape index (κ3) is 3.22. The number of aromatic nitrogens is 1. The normalized spacial score (nSPS) is 22.7. The van der Waals surface area contributed by atoms with Gasteiger partial charge in [0.2, 0.25) is 0 Å². The molecule has 2 amide bonds. The van der Waals surface area contributed by atoms with Gasteiger partial charge in [-0.05, 0) is 19.3 Å². The van der Waals surface area contributed by atoms with Crippen LogP contribution in [0.25, 0.3) is 0 Å². The number of carbonyl (C=O) groups is 2. The van der Waals surface area contributed by atoms with Gasteiger partial charge in [-0.3, -0.25) is 4.79 Å². The Morgan fingerprint density at radius 1 is 1.50 bits per heavy atom. The van der Waals surface area contributed by atoms with Crippen molar-refractivity contribution in [1.82, 2.24) is 15.8 Å². The van der Waals surface area contributed by atoms with E-state index in [1.807, 2.05) is 0 Å². The summed E-state index contributed by atoms with van der Waals surface area (Å²) in [5.41, 5.74) is 0. The summed E-state index contributed by atoms with van der Waals surface area (Å²) in [5, 5.41) is 17.7. The number of nitrogens with zero attached hydrogens (tertiary/aromatic N) is 1. The van der Waals surface area contributed by atoms with E-state index in [0.717, 1.165) is 0 Å². The lowest BCUT2D eigenvalue weighted by Gasteiger charge is -2.12. The molecule has 0 aromatic carbocycles. The minimum atomic E-state index is -0.790. The Labute approximate surface area is 104 Å². The van der Waals surface area contributed by atoms with Gasteiger partial charge in [-0.25, -0.2) is 4.79 Å². The highest BCUT2D eigenvalue weighted by atomic mass is 16.5. The number of carboxylic acids is 1. The van der Waals surface area contributed by atoms with Gasteiger partial charge in [0.25, 0.3) is 0 Å². The van der Waals surface area contributed by atoms with Crippen LogP contribution in [0, 0.1) is 5.92 Å². The van der Waals surface area contributed by atoms with Crippen molar-refractivity contribution in [3.8, 4) is 0 Å². The predicted molar refractivity (Wildman–Crippen MR) is 60.6 cm³/mol. The maximum absolute atomic E-state index is 11.5. The number of hydrogen-bond donors (Lipinski definition) is 3. The molecular formula is C11H15N3O4. The third-order valence-corrected chi connectivity index (χ3v) is 3.03. The number of hydrogen-bond acceptors (Lipinski definition) is 4. The molecule has 1 aliphatic carbocycles. The van der Waals surface area contributed by atoms with Crippen LogP contribution in [0.15, 0.2) is 16.8 Å². The van der Waals surface area contributed by atoms with Crippen molar-refractivity contribution in [3.05, 3.63) is 18.0 Å². The topological polar surface area (TPSA) is 104 Å². The molecule has 1 fully saturated rings.